The molecule has 0 aliphatic carbocycles. The van der Waals surface area contributed by atoms with Crippen molar-refractivity contribution in [2.75, 3.05) is 11.9 Å². The van der Waals surface area contributed by atoms with E-state index in [9.17, 15) is 0 Å². The highest BCUT2D eigenvalue weighted by molar-refractivity contribution is 9.10. The van der Waals surface area contributed by atoms with Gasteiger partial charge in [-0.3, -0.25) is 0 Å². The zero-order chi connectivity index (χ0) is 8.10. The number of nitrogens with one attached hydrogen (secondary N) is 1. The van der Waals surface area contributed by atoms with E-state index < -0.39 is 0 Å². The summed E-state index contributed by atoms with van der Waals surface area (Å²) in [5.74, 6) is 3.27. The number of hydrogen-bond acceptors (Lipinski definition) is 2. The second-order valence-electron chi connectivity index (χ2n) is 1.92. The Morgan fingerprint density at radius 3 is 3.00 bits per heavy atom. The van der Waals surface area contributed by atoms with E-state index in [0.29, 0.717) is 6.54 Å². The van der Waals surface area contributed by atoms with Crippen LogP contribution in [0.15, 0.2) is 22.8 Å². The Morgan fingerprint density at radius 2 is 2.45 bits per heavy atom. The van der Waals surface area contributed by atoms with Crippen LogP contribution in [0, 0.1) is 12.3 Å². The molecule has 0 saturated carbocycles. The fraction of sp³-hybridized carbons (Fsp3) is 0.125. The predicted octanol–water partition coefficient (Wildman–Crippen LogP) is 1.89. The third kappa shape index (κ3) is 2.60. The molecule has 3 heteroatoms. The highest BCUT2D eigenvalue weighted by Gasteiger charge is 1.89. The largest absolute Gasteiger partial charge is 0.359 e. The molecular weight excluding hydrogens is 204 g/mol. The summed E-state index contributed by atoms with van der Waals surface area (Å²) in [6, 6.07) is 3.77. The number of terminal acetylenes is 1. The summed E-state index contributed by atoms with van der Waals surface area (Å²) >= 11 is 3.28. The molecule has 0 fully saturated rings. The van der Waals surface area contributed by atoms with Crippen molar-refractivity contribution in [1.82, 2.24) is 4.98 Å². The molecule has 1 heterocycles. The smallest absolute Gasteiger partial charge is 0.126 e. The van der Waals surface area contributed by atoms with Gasteiger partial charge in [0.2, 0.25) is 0 Å². The molecule has 0 bridgehead atoms. The summed E-state index contributed by atoms with van der Waals surface area (Å²) < 4.78 is 0.962. The first-order chi connectivity index (χ1) is 5.33. The van der Waals surface area contributed by atoms with Gasteiger partial charge in [0, 0.05) is 10.7 Å². The standard InChI is InChI=1S/C8H7BrN2/c1-2-5-10-8-4-3-7(9)6-11-8/h1,3-4,6H,5H2,(H,10,11). The van der Waals surface area contributed by atoms with E-state index in [1.165, 1.54) is 0 Å². The monoisotopic (exact) mass is 210 g/mol. The molecule has 0 unspecified atom stereocenters. The maximum Gasteiger partial charge on any atom is 0.126 e. The molecule has 0 aromatic carbocycles. The second kappa shape index (κ2) is 3.99. The highest BCUT2D eigenvalue weighted by atomic mass is 79.9. The van der Waals surface area contributed by atoms with Crippen LogP contribution in [0.1, 0.15) is 0 Å². The van der Waals surface area contributed by atoms with Gasteiger partial charge in [0.05, 0.1) is 6.54 Å². The number of rotatable bonds is 2. The first-order valence-electron chi connectivity index (χ1n) is 3.12. The Hall–Kier alpha value is -1.01. The predicted molar refractivity (Wildman–Crippen MR) is 49.3 cm³/mol. The number of halogens is 1. The Bertz CT molecular complexity index is 260. The van der Waals surface area contributed by atoms with Gasteiger partial charge >= 0.3 is 0 Å². The van der Waals surface area contributed by atoms with E-state index in [4.69, 9.17) is 6.42 Å². The van der Waals surface area contributed by atoms with Gasteiger partial charge in [-0.2, -0.15) is 0 Å². The van der Waals surface area contributed by atoms with E-state index in [1.54, 1.807) is 6.20 Å². The minimum atomic E-state index is 0.509. The zero-order valence-electron chi connectivity index (χ0n) is 5.84. The maximum absolute atomic E-state index is 5.06. The average molecular weight is 211 g/mol. The van der Waals surface area contributed by atoms with Crippen LogP contribution in [-0.2, 0) is 0 Å². The third-order valence-electron chi connectivity index (χ3n) is 1.10. The first-order valence-corrected chi connectivity index (χ1v) is 3.91. The number of aromatic nitrogens is 1. The molecule has 1 aromatic rings. The quantitative estimate of drug-likeness (QED) is 0.755. The summed E-state index contributed by atoms with van der Waals surface area (Å²) in [6.07, 6.45) is 6.78. The van der Waals surface area contributed by atoms with Gasteiger partial charge in [0.1, 0.15) is 5.82 Å². The van der Waals surface area contributed by atoms with Crippen LogP contribution in [0.25, 0.3) is 0 Å². The van der Waals surface area contributed by atoms with E-state index in [2.05, 4.69) is 32.2 Å². The number of anilines is 1. The molecule has 0 aliphatic heterocycles. The van der Waals surface area contributed by atoms with Crippen molar-refractivity contribution < 1.29 is 0 Å². The summed E-state index contributed by atoms with van der Waals surface area (Å²) in [5, 5.41) is 2.95. The van der Waals surface area contributed by atoms with Gasteiger partial charge in [0.25, 0.3) is 0 Å². The maximum atomic E-state index is 5.06. The van der Waals surface area contributed by atoms with Gasteiger partial charge in [-0.15, -0.1) is 6.42 Å². The Kier molecular flexibility index (Phi) is 2.94. The summed E-state index contributed by atoms with van der Waals surface area (Å²) in [4.78, 5) is 4.06. The van der Waals surface area contributed by atoms with Crippen LogP contribution in [0.4, 0.5) is 5.82 Å². The van der Waals surface area contributed by atoms with E-state index in [-0.39, 0.29) is 0 Å². The Morgan fingerprint density at radius 1 is 1.64 bits per heavy atom. The molecular formula is C8H7BrN2. The molecule has 11 heavy (non-hydrogen) atoms. The molecule has 1 N–H and O–H groups in total. The second-order valence-corrected chi connectivity index (χ2v) is 2.84. The highest BCUT2D eigenvalue weighted by Crippen LogP contribution is 2.09. The van der Waals surface area contributed by atoms with Crippen LogP contribution in [0.5, 0.6) is 0 Å². The van der Waals surface area contributed by atoms with Gasteiger partial charge in [-0.1, -0.05) is 5.92 Å². The van der Waals surface area contributed by atoms with Gasteiger partial charge < -0.3 is 5.32 Å². The fourth-order valence-corrected chi connectivity index (χ4v) is 0.857. The lowest BCUT2D eigenvalue weighted by molar-refractivity contribution is 1.24. The van der Waals surface area contributed by atoms with Crippen molar-refractivity contribution >= 4 is 21.7 Å². The topological polar surface area (TPSA) is 24.9 Å². The summed E-state index contributed by atoms with van der Waals surface area (Å²) in [7, 11) is 0. The molecule has 0 radical (unpaired) electrons. The molecule has 1 rings (SSSR count). The van der Waals surface area contributed by atoms with Gasteiger partial charge in [-0.05, 0) is 28.1 Å². The van der Waals surface area contributed by atoms with Crippen LogP contribution in [0.2, 0.25) is 0 Å². The van der Waals surface area contributed by atoms with Gasteiger partial charge in [0.15, 0.2) is 0 Å². The SMILES string of the molecule is C#CCNc1ccc(Br)cn1. The lowest BCUT2D eigenvalue weighted by atomic mass is 10.4. The zero-order valence-corrected chi connectivity index (χ0v) is 7.43. The van der Waals surface area contributed by atoms with Crippen LogP contribution < -0.4 is 5.32 Å². The number of hydrogen-bond donors (Lipinski definition) is 1. The van der Waals surface area contributed by atoms with E-state index in [0.717, 1.165) is 10.3 Å². The average Bonchev–Trinajstić information content (AvgIpc) is 2.04. The molecule has 0 spiro atoms. The molecule has 0 amide bonds. The summed E-state index contributed by atoms with van der Waals surface area (Å²) in [6.45, 7) is 0.509. The first kappa shape index (κ1) is 8.09. The van der Waals surface area contributed by atoms with Crippen molar-refractivity contribution in [2.45, 2.75) is 0 Å². The van der Waals surface area contributed by atoms with Crippen molar-refractivity contribution in [1.29, 1.82) is 0 Å². The van der Waals surface area contributed by atoms with Crippen molar-refractivity contribution in [3.8, 4) is 12.3 Å². The molecule has 0 atom stereocenters. The fourth-order valence-electron chi connectivity index (χ4n) is 0.622. The van der Waals surface area contributed by atoms with Crippen LogP contribution in [0.3, 0.4) is 0 Å². The number of nitrogens with zero attached hydrogens (tertiary/aromatic N) is 1. The third-order valence-corrected chi connectivity index (χ3v) is 1.57. The Balaban J connectivity index is 2.60. The van der Waals surface area contributed by atoms with Crippen molar-refractivity contribution in [2.24, 2.45) is 0 Å². The normalized spacial score (nSPS) is 8.73. The van der Waals surface area contributed by atoms with Crippen molar-refractivity contribution in [3.63, 3.8) is 0 Å². The Labute approximate surface area is 74.2 Å². The van der Waals surface area contributed by atoms with E-state index in [1.807, 2.05) is 12.1 Å². The minimum Gasteiger partial charge on any atom is -0.359 e. The summed E-state index contributed by atoms with van der Waals surface area (Å²) in [5.41, 5.74) is 0. The van der Waals surface area contributed by atoms with Gasteiger partial charge in [-0.25, -0.2) is 4.98 Å². The molecule has 1 aromatic heterocycles. The minimum absolute atomic E-state index is 0.509. The van der Waals surface area contributed by atoms with E-state index >= 15 is 0 Å². The molecule has 0 saturated heterocycles. The van der Waals surface area contributed by atoms with Crippen LogP contribution in [-0.4, -0.2) is 11.5 Å². The lowest BCUT2D eigenvalue weighted by Crippen LogP contribution is -1.99. The lowest BCUT2D eigenvalue weighted by Gasteiger charge is -1.99. The van der Waals surface area contributed by atoms with Crippen molar-refractivity contribution in [3.05, 3.63) is 22.8 Å². The molecule has 56 valence electrons. The molecule has 0 aliphatic rings. The molecule has 2 nitrogen and oxygen atoms in total. The van der Waals surface area contributed by atoms with Crippen LogP contribution >= 0.6 is 15.9 Å². The number of pyridine rings is 1.